The predicted molar refractivity (Wildman–Crippen MR) is 99.1 cm³/mol. The van der Waals surface area contributed by atoms with Crippen LogP contribution in [0, 0.1) is 17.8 Å². The molecular formula is C21H29NO3. The first-order valence-electron chi connectivity index (χ1n) is 9.19. The molecule has 1 aliphatic rings. The summed E-state index contributed by atoms with van der Waals surface area (Å²) >= 11 is 0. The van der Waals surface area contributed by atoms with Crippen molar-refractivity contribution in [3.8, 4) is 11.8 Å². The monoisotopic (exact) mass is 343 g/mol. The number of piperidine rings is 1. The smallest absolute Gasteiger partial charge is 0.307 e. The largest absolute Gasteiger partial charge is 0.445 e. The number of likely N-dealkylation sites (tertiary alicyclic amines) is 1. The van der Waals surface area contributed by atoms with Crippen LogP contribution in [-0.4, -0.2) is 49.3 Å². The maximum atomic E-state index is 12.0. The fourth-order valence-corrected chi connectivity index (χ4v) is 3.08. The lowest BCUT2D eigenvalue weighted by molar-refractivity contribution is -0.162. The van der Waals surface area contributed by atoms with E-state index in [4.69, 9.17) is 9.47 Å². The molecule has 1 saturated heterocycles. The van der Waals surface area contributed by atoms with E-state index in [0.717, 1.165) is 44.8 Å². The van der Waals surface area contributed by atoms with E-state index in [-0.39, 0.29) is 11.9 Å². The molecule has 136 valence electrons. The molecule has 0 aliphatic carbocycles. The number of nitrogens with zero attached hydrogens (tertiary/aromatic N) is 1. The van der Waals surface area contributed by atoms with Gasteiger partial charge in [0.05, 0.1) is 6.61 Å². The molecule has 0 radical (unpaired) electrons. The van der Waals surface area contributed by atoms with Gasteiger partial charge in [0.25, 0.3) is 0 Å². The number of benzene rings is 1. The Kier molecular flexibility index (Phi) is 7.49. The third-order valence-electron chi connectivity index (χ3n) is 4.66. The topological polar surface area (TPSA) is 38.8 Å². The third-order valence-corrected chi connectivity index (χ3v) is 4.66. The second-order valence-corrected chi connectivity index (χ2v) is 6.48. The molecule has 0 bridgehead atoms. The van der Waals surface area contributed by atoms with Crippen molar-refractivity contribution >= 4 is 5.97 Å². The van der Waals surface area contributed by atoms with E-state index in [1.807, 2.05) is 44.2 Å². The number of carbonyl (C=O) groups is 1. The minimum absolute atomic E-state index is 0.148. The van der Waals surface area contributed by atoms with Crippen molar-refractivity contribution in [3.05, 3.63) is 35.9 Å². The average Bonchev–Trinajstić information content (AvgIpc) is 2.63. The zero-order valence-electron chi connectivity index (χ0n) is 15.6. The van der Waals surface area contributed by atoms with Crippen LogP contribution in [0.15, 0.2) is 30.3 Å². The first-order chi connectivity index (χ1) is 12.1. The molecule has 25 heavy (non-hydrogen) atoms. The summed E-state index contributed by atoms with van der Waals surface area (Å²) in [6.45, 7) is 10.0. The van der Waals surface area contributed by atoms with E-state index in [0.29, 0.717) is 6.42 Å². The van der Waals surface area contributed by atoms with Gasteiger partial charge in [-0.25, -0.2) is 0 Å². The molecule has 0 unspecified atom stereocenters. The van der Waals surface area contributed by atoms with Crippen LogP contribution in [0.5, 0.6) is 0 Å². The molecule has 1 aliphatic heterocycles. The van der Waals surface area contributed by atoms with Gasteiger partial charge < -0.3 is 14.4 Å². The van der Waals surface area contributed by atoms with Crippen LogP contribution in [0.4, 0.5) is 0 Å². The van der Waals surface area contributed by atoms with Crippen molar-refractivity contribution in [2.75, 3.05) is 32.8 Å². The maximum absolute atomic E-state index is 12.0. The molecular weight excluding hydrogens is 314 g/mol. The van der Waals surface area contributed by atoms with Gasteiger partial charge in [0.1, 0.15) is 0 Å². The van der Waals surface area contributed by atoms with Crippen LogP contribution >= 0.6 is 0 Å². The van der Waals surface area contributed by atoms with Crippen LogP contribution in [0.2, 0.25) is 0 Å². The number of hydrogen-bond donors (Lipinski definition) is 0. The number of esters is 1. The van der Waals surface area contributed by atoms with Gasteiger partial charge >= 0.3 is 5.97 Å². The summed E-state index contributed by atoms with van der Waals surface area (Å²) in [4.78, 5) is 14.4. The van der Waals surface area contributed by atoms with E-state index < -0.39 is 5.60 Å². The van der Waals surface area contributed by atoms with Crippen molar-refractivity contribution in [2.24, 2.45) is 5.92 Å². The van der Waals surface area contributed by atoms with Gasteiger partial charge in [-0.2, -0.15) is 0 Å². The maximum Gasteiger partial charge on any atom is 0.307 e. The SMILES string of the molecule is CCOCCN1CC[C@](C#Cc2ccccc2)(OC(=O)CC)[C@@H](C)C1. The average molecular weight is 343 g/mol. The summed E-state index contributed by atoms with van der Waals surface area (Å²) in [5, 5.41) is 0. The van der Waals surface area contributed by atoms with E-state index >= 15 is 0 Å². The molecule has 2 rings (SSSR count). The summed E-state index contributed by atoms with van der Waals surface area (Å²) in [7, 11) is 0. The van der Waals surface area contributed by atoms with Gasteiger partial charge in [0.15, 0.2) is 5.60 Å². The Labute approximate surface area is 151 Å². The van der Waals surface area contributed by atoms with Crippen LogP contribution in [0.25, 0.3) is 0 Å². The minimum atomic E-state index is -0.703. The van der Waals surface area contributed by atoms with Crippen LogP contribution in [0.3, 0.4) is 0 Å². The molecule has 0 saturated carbocycles. The molecule has 0 N–H and O–H groups in total. The molecule has 1 heterocycles. The summed E-state index contributed by atoms with van der Waals surface area (Å²) in [6, 6.07) is 9.86. The Morgan fingerprint density at radius 1 is 1.32 bits per heavy atom. The van der Waals surface area contributed by atoms with Crippen molar-refractivity contribution in [1.29, 1.82) is 0 Å². The highest BCUT2D eigenvalue weighted by Crippen LogP contribution is 2.32. The lowest BCUT2D eigenvalue weighted by Crippen LogP contribution is -2.53. The van der Waals surface area contributed by atoms with E-state index in [9.17, 15) is 4.79 Å². The van der Waals surface area contributed by atoms with Gasteiger partial charge in [-0.3, -0.25) is 4.79 Å². The summed E-state index contributed by atoms with van der Waals surface area (Å²) in [5.74, 6) is 6.48. The predicted octanol–water partition coefficient (Wildman–Crippen LogP) is 3.11. The van der Waals surface area contributed by atoms with Gasteiger partial charge in [0.2, 0.25) is 0 Å². The highest BCUT2D eigenvalue weighted by molar-refractivity contribution is 5.70. The minimum Gasteiger partial charge on any atom is -0.445 e. The lowest BCUT2D eigenvalue weighted by Gasteiger charge is -2.42. The Morgan fingerprint density at radius 3 is 2.72 bits per heavy atom. The van der Waals surface area contributed by atoms with Crippen molar-refractivity contribution in [2.45, 2.75) is 39.2 Å². The second kappa shape index (κ2) is 9.60. The molecule has 1 aromatic rings. The molecule has 2 atom stereocenters. The van der Waals surface area contributed by atoms with E-state index in [2.05, 4.69) is 23.7 Å². The van der Waals surface area contributed by atoms with Crippen molar-refractivity contribution in [3.63, 3.8) is 0 Å². The quantitative estimate of drug-likeness (QED) is 0.452. The van der Waals surface area contributed by atoms with Crippen molar-refractivity contribution < 1.29 is 14.3 Å². The molecule has 1 aromatic carbocycles. The van der Waals surface area contributed by atoms with Gasteiger partial charge in [-0.15, -0.1) is 0 Å². The Balaban J connectivity index is 2.14. The van der Waals surface area contributed by atoms with Crippen LogP contribution in [-0.2, 0) is 14.3 Å². The summed E-state index contributed by atoms with van der Waals surface area (Å²) in [6.07, 6.45) is 1.10. The normalized spacial score (nSPS) is 23.6. The van der Waals surface area contributed by atoms with Crippen molar-refractivity contribution in [1.82, 2.24) is 4.90 Å². The third kappa shape index (κ3) is 5.59. The highest BCUT2D eigenvalue weighted by atomic mass is 16.6. The first-order valence-corrected chi connectivity index (χ1v) is 9.19. The zero-order valence-corrected chi connectivity index (χ0v) is 15.6. The summed E-state index contributed by atoms with van der Waals surface area (Å²) < 4.78 is 11.3. The fraction of sp³-hybridized carbons (Fsp3) is 0.571. The Bertz CT molecular complexity index is 605. The molecule has 4 nitrogen and oxygen atoms in total. The Morgan fingerprint density at radius 2 is 2.08 bits per heavy atom. The fourth-order valence-electron chi connectivity index (χ4n) is 3.08. The number of carbonyl (C=O) groups excluding carboxylic acids is 1. The molecule has 0 aromatic heterocycles. The molecule has 4 heteroatoms. The standard InChI is InChI=1S/C21H29NO3/c1-4-20(23)25-21(12-11-19-9-7-6-8-10-19)13-14-22(17-18(21)3)15-16-24-5-2/h6-10,18H,4-5,13-17H2,1-3H3/t18-,21-/m0/s1. The summed E-state index contributed by atoms with van der Waals surface area (Å²) in [5.41, 5.74) is 0.241. The molecule has 1 fully saturated rings. The highest BCUT2D eigenvalue weighted by Gasteiger charge is 2.42. The van der Waals surface area contributed by atoms with E-state index in [1.165, 1.54) is 0 Å². The number of ether oxygens (including phenoxy) is 2. The molecule has 0 amide bonds. The lowest BCUT2D eigenvalue weighted by atomic mass is 9.82. The number of rotatable bonds is 6. The van der Waals surface area contributed by atoms with Gasteiger partial charge in [0, 0.05) is 50.6 Å². The number of hydrogen-bond acceptors (Lipinski definition) is 4. The van der Waals surface area contributed by atoms with Crippen LogP contribution < -0.4 is 0 Å². The zero-order chi connectivity index (χ0) is 18.1. The molecule has 0 spiro atoms. The second-order valence-electron chi connectivity index (χ2n) is 6.48. The van der Waals surface area contributed by atoms with Crippen LogP contribution in [0.1, 0.15) is 39.2 Å². The first kappa shape index (κ1) is 19.5. The van der Waals surface area contributed by atoms with E-state index in [1.54, 1.807) is 0 Å². The Hall–Kier alpha value is -1.83. The van der Waals surface area contributed by atoms with Gasteiger partial charge in [-0.1, -0.05) is 38.0 Å². The van der Waals surface area contributed by atoms with Gasteiger partial charge in [-0.05, 0) is 25.0 Å².